The quantitative estimate of drug-likeness (QED) is 0.885. The van der Waals surface area contributed by atoms with Crippen molar-refractivity contribution in [1.82, 2.24) is 10.3 Å². The van der Waals surface area contributed by atoms with Gasteiger partial charge < -0.3 is 10.1 Å². The average molecular weight is 320 g/mol. The van der Waals surface area contributed by atoms with Crippen LogP contribution in [0.25, 0.3) is 0 Å². The molecule has 1 aromatic rings. The summed E-state index contributed by atoms with van der Waals surface area (Å²) in [6.07, 6.45) is 3.80. The summed E-state index contributed by atoms with van der Waals surface area (Å²) in [4.78, 5) is 15.6. The van der Waals surface area contributed by atoms with E-state index in [1.165, 1.54) is 11.3 Å². The summed E-state index contributed by atoms with van der Waals surface area (Å²) in [6, 6.07) is 0. The van der Waals surface area contributed by atoms with Gasteiger partial charge in [0, 0.05) is 0 Å². The predicted molar refractivity (Wildman–Crippen MR) is 70.3 cm³/mol. The average Bonchev–Trinajstić information content (AvgIpc) is 2.73. The van der Waals surface area contributed by atoms with E-state index in [0.29, 0.717) is 5.13 Å². The molecule has 0 bridgehead atoms. The van der Waals surface area contributed by atoms with E-state index < -0.39 is 0 Å². The molecule has 0 saturated carbocycles. The van der Waals surface area contributed by atoms with Crippen LogP contribution in [0.4, 0.5) is 5.13 Å². The Kier molecular flexibility index (Phi) is 4.90. The summed E-state index contributed by atoms with van der Waals surface area (Å²) in [5, 5.41) is 6.54. The number of carbonyl (C=O) groups is 1. The molecule has 1 aliphatic rings. The lowest BCUT2D eigenvalue weighted by molar-refractivity contribution is -0.123. The van der Waals surface area contributed by atoms with E-state index in [9.17, 15) is 4.79 Å². The number of thiazole rings is 1. The first-order valence-corrected chi connectivity index (χ1v) is 7.08. The molecule has 1 fully saturated rings. The van der Waals surface area contributed by atoms with Crippen molar-refractivity contribution in [3.05, 3.63) is 9.98 Å². The number of halogens is 1. The van der Waals surface area contributed by atoms with Crippen LogP contribution in [0.1, 0.15) is 12.8 Å². The molecular formula is C10H14BrN3O2S. The van der Waals surface area contributed by atoms with Crippen LogP contribution in [0.2, 0.25) is 0 Å². The van der Waals surface area contributed by atoms with Gasteiger partial charge in [0.1, 0.15) is 6.61 Å². The Morgan fingerprint density at radius 3 is 3.06 bits per heavy atom. The molecule has 1 saturated heterocycles. The van der Waals surface area contributed by atoms with Crippen LogP contribution >= 0.6 is 27.3 Å². The highest BCUT2D eigenvalue weighted by molar-refractivity contribution is 9.11. The van der Waals surface area contributed by atoms with Crippen LogP contribution < -0.4 is 10.6 Å². The third kappa shape index (κ3) is 4.34. The Labute approximate surface area is 112 Å². The highest BCUT2D eigenvalue weighted by Gasteiger charge is 2.15. The molecule has 0 aromatic carbocycles. The maximum Gasteiger partial charge on any atom is 0.252 e. The number of nitrogens with one attached hydrogen (secondary N) is 2. The molecule has 0 spiro atoms. The van der Waals surface area contributed by atoms with Crippen molar-refractivity contribution in [1.29, 1.82) is 0 Å². The number of piperidine rings is 1. The highest BCUT2D eigenvalue weighted by Crippen LogP contribution is 2.22. The van der Waals surface area contributed by atoms with Crippen LogP contribution in [-0.4, -0.2) is 36.7 Å². The molecule has 2 heterocycles. The van der Waals surface area contributed by atoms with E-state index in [-0.39, 0.29) is 18.6 Å². The van der Waals surface area contributed by atoms with Gasteiger partial charge in [-0.15, -0.1) is 0 Å². The van der Waals surface area contributed by atoms with Crippen LogP contribution in [0.15, 0.2) is 9.98 Å². The Hall–Kier alpha value is -0.500. The first kappa shape index (κ1) is 12.9. The van der Waals surface area contributed by atoms with Gasteiger partial charge in [-0.1, -0.05) is 11.3 Å². The van der Waals surface area contributed by atoms with Gasteiger partial charge in [0.05, 0.1) is 16.1 Å². The lowest BCUT2D eigenvalue weighted by atomic mass is 10.1. The molecule has 5 nitrogen and oxygen atoms in total. The number of hydrogen-bond donors (Lipinski definition) is 2. The van der Waals surface area contributed by atoms with Crippen LogP contribution in [-0.2, 0) is 9.53 Å². The van der Waals surface area contributed by atoms with E-state index in [1.807, 2.05) is 0 Å². The highest BCUT2D eigenvalue weighted by atomic mass is 79.9. The SMILES string of the molecule is O=C(COC1CCNCC1)Nc1ncc(Br)s1. The Balaban J connectivity index is 1.70. The van der Waals surface area contributed by atoms with Gasteiger partial charge in [-0.2, -0.15) is 0 Å². The van der Waals surface area contributed by atoms with Gasteiger partial charge in [0.2, 0.25) is 0 Å². The normalized spacial score (nSPS) is 17.0. The first-order chi connectivity index (χ1) is 8.24. The van der Waals surface area contributed by atoms with E-state index >= 15 is 0 Å². The van der Waals surface area contributed by atoms with Gasteiger partial charge in [-0.05, 0) is 41.9 Å². The second kappa shape index (κ2) is 6.44. The zero-order valence-corrected chi connectivity index (χ0v) is 11.6. The summed E-state index contributed by atoms with van der Waals surface area (Å²) in [5.74, 6) is -0.148. The van der Waals surface area contributed by atoms with Gasteiger partial charge in [0.15, 0.2) is 5.13 Å². The van der Waals surface area contributed by atoms with E-state index in [1.54, 1.807) is 6.20 Å². The summed E-state index contributed by atoms with van der Waals surface area (Å²) >= 11 is 4.68. The number of nitrogens with zero attached hydrogens (tertiary/aromatic N) is 1. The maximum absolute atomic E-state index is 11.6. The second-order valence-corrected chi connectivity index (χ2v) is 6.19. The number of aromatic nitrogens is 1. The fourth-order valence-corrected chi connectivity index (χ4v) is 2.75. The van der Waals surface area contributed by atoms with Gasteiger partial charge >= 0.3 is 0 Å². The fourth-order valence-electron chi connectivity index (χ4n) is 1.62. The lowest BCUT2D eigenvalue weighted by Crippen LogP contribution is -2.34. The number of amides is 1. The minimum Gasteiger partial charge on any atom is -0.368 e. The van der Waals surface area contributed by atoms with E-state index in [4.69, 9.17) is 4.74 Å². The van der Waals surface area contributed by atoms with Crippen molar-refractivity contribution in [2.75, 3.05) is 25.0 Å². The third-order valence-electron chi connectivity index (χ3n) is 2.46. The number of rotatable bonds is 4. The Morgan fingerprint density at radius 2 is 2.41 bits per heavy atom. The van der Waals surface area contributed by atoms with Crippen LogP contribution in [0, 0.1) is 0 Å². The molecule has 0 atom stereocenters. The largest absolute Gasteiger partial charge is 0.368 e. The molecule has 2 N–H and O–H groups in total. The smallest absolute Gasteiger partial charge is 0.252 e. The van der Waals surface area contributed by atoms with Gasteiger partial charge in [-0.25, -0.2) is 4.98 Å². The van der Waals surface area contributed by atoms with Crippen molar-refractivity contribution in [2.24, 2.45) is 0 Å². The summed E-state index contributed by atoms with van der Waals surface area (Å²) in [7, 11) is 0. The molecular weight excluding hydrogens is 306 g/mol. The molecule has 94 valence electrons. The van der Waals surface area contributed by atoms with Crippen molar-refractivity contribution < 1.29 is 9.53 Å². The molecule has 7 heteroatoms. The molecule has 0 radical (unpaired) electrons. The molecule has 0 unspecified atom stereocenters. The van der Waals surface area contributed by atoms with E-state index in [0.717, 1.165) is 29.7 Å². The molecule has 1 aromatic heterocycles. The standard InChI is InChI=1S/C10H14BrN3O2S/c11-8-5-13-10(17-8)14-9(15)6-16-7-1-3-12-4-2-7/h5,7,12H,1-4,6H2,(H,13,14,15). The Morgan fingerprint density at radius 1 is 1.65 bits per heavy atom. The fraction of sp³-hybridized carbons (Fsp3) is 0.600. The van der Waals surface area contributed by atoms with Crippen molar-refractivity contribution in [2.45, 2.75) is 18.9 Å². The maximum atomic E-state index is 11.6. The zero-order valence-electron chi connectivity index (χ0n) is 9.24. The predicted octanol–water partition coefficient (Wildman–Crippen LogP) is 1.61. The summed E-state index contributed by atoms with van der Waals surface area (Å²) in [5.41, 5.74) is 0. The molecule has 0 aliphatic carbocycles. The zero-order chi connectivity index (χ0) is 12.1. The van der Waals surface area contributed by atoms with Crippen molar-refractivity contribution in [3.8, 4) is 0 Å². The topological polar surface area (TPSA) is 63.2 Å². The third-order valence-corrected chi connectivity index (χ3v) is 3.85. The monoisotopic (exact) mass is 319 g/mol. The van der Waals surface area contributed by atoms with Gasteiger partial charge in [-0.3, -0.25) is 10.1 Å². The summed E-state index contributed by atoms with van der Waals surface area (Å²) in [6.45, 7) is 2.03. The molecule has 2 rings (SSSR count). The number of carbonyl (C=O) groups excluding carboxylic acids is 1. The number of anilines is 1. The number of hydrogen-bond acceptors (Lipinski definition) is 5. The van der Waals surface area contributed by atoms with Crippen molar-refractivity contribution >= 4 is 38.3 Å². The molecule has 1 aliphatic heterocycles. The molecule has 17 heavy (non-hydrogen) atoms. The number of ether oxygens (including phenoxy) is 1. The lowest BCUT2D eigenvalue weighted by Gasteiger charge is -2.22. The van der Waals surface area contributed by atoms with Crippen LogP contribution in [0.3, 0.4) is 0 Å². The second-order valence-electron chi connectivity index (χ2n) is 3.78. The van der Waals surface area contributed by atoms with Crippen molar-refractivity contribution in [3.63, 3.8) is 0 Å². The minimum absolute atomic E-state index is 0.0991. The minimum atomic E-state index is -0.148. The van der Waals surface area contributed by atoms with Crippen LogP contribution in [0.5, 0.6) is 0 Å². The first-order valence-electron chi connectivity index (χ1n) is 5.47. The molecule has 1 amide bonds. The van der Waals surface area contributed by atoms with E-state index in [2.05, 4.69) is 31.5 Å². The van der Waals surface area contributed by atoms with Gasteiger partial charge in [0.25, 0.3) is 5.91 Å². The Bertz CT molecular complexity index is 379. The summed E-state index contributed by atoms with van der Waals surface area (Å²) < 4.78 is 6.43.